The smallest absolute Gasteiger partial charge is 0.277 e. The molecule has 0 bridgehead atoms. The minimum absolute atomic E-state index is 0.166. The molecule has 0 spiro atoms. The van der Waals surface area contributed by atoms with E-state index in [1.54, 1.807) is 11.6 Å². The van der Waals surface area contributed by atoms with Gasteiger partial charge < -0.3 is 14.5 Å². The van der Waals surface area contributed by atoms with Crippen molar-refractivity contribution in [3.05, 3.63) is 46.8 Å². The number of hydrogen-bond acceptors (Lipinski definition) is 8. The number of aromatic nitrogens is 3. The maximum Gasteiger partial charge on any atom is 0.277 e. The fourth-order valence-electron chi connectivity index (χ4n) is 2.08. The molecule has 2 aromatic heterocycles. The Kier molecular flexibility index (Phi) is 5.67. The van der Waals surface area contributed by atoms with Crippen molar-refractivity contribution in [3.63, 3.8) is 0 Å². The van der Waals surface area contributed by atoms with Gasteiger partial charge in [-0.05, 0) is 25.0 Å². The second-order valence-electron chi connectivity index (χ2n) is 5.15. The van der Waals surface area contributed by atoms with E-state index < -0.39 is 0 Å². The molecule has 0 unspecified atom stereocenters. The van der Waals surface area contributed by atoms with E-state index in [0.29, 0.717) is 16.2 Å². The number of anilines is 1. The topological polar surface area (TPSA) is 90.1 Å². The fraction of sp³-hybridized carbons (Fsp3) is 0.250. The molecular weight excluding hydrogens is 360 g/mol. The molecule has 9 heteroatoms. The van der Waals surface area contributed by atoms with Crippen LogP contribution in [-0.2, 0) is 11.4 Å². The molecule has 1 N–H and O–H groups in total. The third-order valence-corrected chi connectivity index (χ3v) is 4.71. The Morgan fingerprint density at radius 3 is 2.84 bits per heavy atom. The number of thioether (sulfide) groups is 1. The zero-order valence-corrected chi connectivity index (χ0v) is 15.3. The number of benzene rings is 1. The first-order valence-corrected chi connectivity index (χ1v) is 9.32. The molecule has 0 aliphatic carbocycles. The van der Waals surface area contributed by atoms with E-state index >= 15 is 0 Å². The number of hydrogen-bond donors (Lipinski definition) is 1. The molecular formula is C16H16N4O3S2. The van der Waals surface area contributed by atoms with Crippen molar-refractivity contribution in [2.45, 2.75) is 25.7 Å². The van der Waals surface area contributed by atoms with E-state index in [-0.39, 0.29) is 18.3 Å². The molecule has 3 rings (SSSR count). The number of para-hydroxylation sites is 1. The molecule has 0 aliphatic rings. The summed E-state index contributed by atoms with van der Waals surface area (Å²) >= 11 is 2.53. The standard InChI is InChI=1S/C16H16N4O3S2/c1-10-4-3-5-11(2)14(10)22-8-13-19-20-16(23-13)25-9-12(21)18-15-17-6-7-24-15/h3-7H,8-9H2,1-2H3,(H,17,18,21). The summed E-state index contributed by atoms with van der Waals surface area (Å²) in [5, 5.41) is 13.2. The first-order valence-electron chi connectivity index (χ1n) is 7.45. The van der Waals surface area contributed by atoms with Crippen LogP contribution in [0, 0.1) is 13.8 Å². The predicted octanol–water partition coefficient (Wildman–Crippen LogP) is 3.45. The Bertz CT molecular complexity index is 829. The fourth-order valence-corrected chi connectivity index (χ4v) is 3.21. The van der Waals surface area contributed by atoms with Crippen molar-refractivity contribution in [1.29, 1.82) is 0 Å². The summed E-state index contributed by atoms with van der Waals surface area (Å²) in [6, 6.07) is 5.95. The Hall–Kier alpha value is -2.39. The number of aryl methyl sites for hydroxylation is 2. The molecule has 0 atom stereocenters. The highest BCUT2D eigenvalue weighted by Gasteiger charge is 2.12. The summed E-state index contributed by atoms with van der Waals surface area (Å²) in [6.45, 7) is 4.15. The van der Waals surface area contributed by atoms with Crippen LogP contribution in [0.4, 0.5) is 5.13 Å². The van der Waals surface area contributed by atoms with E-state index in [4.69, 9.17) is 9.15 Å². The van der Waals surface area contributed by atoms with Gasteiger partial charge in [0.25, 0.3) is 11.1 Å². The molecule has 0 saturated carbocycles. The Balaban J connectivity index is 1.50. The summed E-state index contributed by atoms with van der Waals surface area (Å²) in [5.74, 6) is 1.17. The molecule has 1 aromatic carbocycles. The summed E-state index contributed by atoms with van der Waals surface area (Å²) < 4.78 is 11.3. The highest BCUT2D eigenvalue weighted by atomic mass is 32.2. The van der Waals surface area contributed by atoms with Gasteiger partial charge in [-0.25, -0.2) is 4.98 Å². The van der Waals surface area contributed by atoms with Gasteiger partial charge in [0.1, 0.15) is 5.75 Å². The maximum atomic E-state index is 11.8. The Labute approximate surface area is 152 Å². The van der Waals surface area contributed by atoms with Gasteiger partial charge in [-0.3, -0.25) is 4.79 Å². The van der Waals surface area contributed by atoms with Gasteiger partial charge in [0.15, 0.2) is 11.7 Å². The summed E-state index contributed by atoms with van der Waals surface area (Å²) in [6.07, 6.45) is 1.63. The molecule has 0 fully saturated rings. The van der Waals surface area contributed by atoms with Gasteiger partial charge in [0, 0.05) is 11.6 Å². The highest BCUT2D eigenvalue weighted by Crippen LogP contribution is 2.24. The summed E-state index contributed by atoms with van der Waals surface area (Å²) in [5.41, 5.74) is 2.10. The van der Waals surface area contributed by atoms with Crippen LogP contribution in [-0.4, -0.2) is 26.8 Å². The van der Waals surface area contributed by atoms with E-state index in [1.165, 1.54) is 23.1 Å². The lowest BCUT2D eigenvalue weighted by atomic mass is 10.1. The lowest BCUT2D eigenvalue weighted by molar-refractivity contribution is -0.113. The Morgan fingerprint density at radius 1 is 1.32 bits per heavy atom. The first kappa shape index (κ1) is 17.4. The number of amides is 1. The third kappa shape index (κ3) is 4.80. The largest absolute Gasteiger partial charge is 0.483 e. The van der Waals surface area contributed by atoms with Crippen LogP contribution in [0.5, 0.6) is 5.75 Å². The number of rotatable bonds is 7. The molecule has 3 aromatic rings. The molecule has 0 saturated heterocycles. The second kappa shape index (κ2) is 8.13. The number of carbonyl (C=O) groups is 1. The average molecular weight is 376 g/mol. The maximum absolute atomic E-state index is 11.8. The van der Waals surface area contributed by atoms with Gasteiger partial charge >= 0.3 is 0 Å². The van der Waals surface area contributed by atoms with Gasteiger partial charge in [-0.1, -0.05) is 30.0 Å². The van der Waals surface area contributed by atoms with Crippen LogP contribution in [0.3, 0.4) is 0 Å². The van der Waals surface area contributed by atoms with E-state index in [2.05, 4.69) is 20.5 Å². The molecule has 130 valence electrons. The van der Waals surface area contributed by atoms with E-state index in [1.807, 2.05) is 32.0 Å². The minimum Gasteiger partial charge on any atom is -0.483 e. The van der Waals surface area contributed by atoms with E-state index in [9.17, 15) is 4.79 Å². The highest BCUT2D eigenvalue weighted by molar-refractivity contribution is 7.99. The van der Waals surface area contributed by atoms with Crippen molar-refractivity contribution < 1.29 is 13.9 Å². The lowest BCUT2D eigenvalue weighted by Crippen LogP contribution is -2.13. The number of nitrogens with one attached hydrogen (secondary N) is 1. The normalized spacial score (nSPS) is 10.6. The van der Waals surface area contributed by atoms with Crippen molar-refractivity contribution >= 4 is 34.1 Å². The van der Waals surface area contributed by atoms with Crippen LogP contribution in [0.25, 0.3) is 0 Å². The molecule has 0 aliphatic heterocycles. The zero-order valence-electron chi connectivity index (χ0n) is 13.7. The zero-order chi connectivity index (χ0) is 17.6. The van der Waals surface area contributed by atoms with Crippen LogP contribution >= 0.6 is 23.1 Å². The van der Waals surface area contributed by atoms with Crippen LogP contribution in [0.2, 0.25) is 0 Å². The lowest BCUT2D eigenvalue weighted by Gasteiger charge is -2.09. The average Bonchev–Trinajstić information content (AvgIpc) is 3.24. The molecule has 25 heavy (non-hydrogen) atoms. The first-order chi connectivity index (χ1) is 12.1. The second-order valence-corrected chi connectivity index (χ2v) is 6.97. The van der Waals surface area contributed by atoms with Crippen molar-refractivity contribution in [2.24, 2.45) is 0 Å². The minimum atomic E-state index is -0.175. The summed E-state index contributed by atoms with van der Waals surface area (Å²) in [7, 11) is 0. The van der Waals surface area contributed by atoms with Crippen LogP contribution in [0.15, 0.2) is 39.4 Å². The third-order valence-electron chi connectivity index (χ3n) is 3.20. The van der Waals surface area contributed by atoms with Crippen LogP contribution in [0.1, 0.15) is 17.0 Å². The van der Waals surface area contributed by atoms with Gasteiger partial charge in [0.05, 0.1) is 5.75 Å². The van der Waals surface area contributed by atoms with Crippen molar-refractivity contribution in [2.75, 3.05) is 11.1 Å². The number of ether oxygens (including phenoxy) is 1. The molecule has 0 radical (unpaired) electrons. The van der Waals surface area contributed by atoms with Gasteiger partial charge in [-0.2, -0.15) is 0 Å². The SMILES string of the molecule is Cc1cccc(C)c1OCc1nnc(SCC(=O)Nc2nccs2)o1. The van der Waals surface area contributed by atoms with Gasteiger partial charge in [-0.15, -0.1) is 21.5 Å². The Morgan fingerprint density at radius 2 is 2.12 bits per heavy atom. The molecule has 1 amide bonds. The summed E-state index contributed by atoms with van der Waals surface area (Å²) in [4.78, 5) is 15.8. The van der Waals surface area contributed by atoms with Gasteiger partial charge in [0.2, 0.25) is 5.91 Å². The van der Waals surface area contributed by atoms with E-state index in [0.717, 1.165) is 16.9 Å². The number of nitrogens with zero attached hydrogens (tertiary/aromatic N) is 3. The molecule has 2 heterocycles. The monoisotopic (exact) mass is 376 g/mol. The number of thiazole rings is 1. The quantitative estimate of drug-likeness (QED) is 0.632. The van der Waals surface area contributed by atoms with Crippen molar-refractivity contribution in [3.8, 4) is 5.75 Å². The number of carbonyl (C=O) groups excluding carboxylic acids is 1. The predicted molar refractivity (Wildman–Crippen MR) is 96.0 cm³/mol. The van der Waals surface area contributed by atoms with Crippen LogP contribution < -0.4 is 10.1 Å². The van der Waals surface area contributed by atoms with Crippen molar-refractivity contribution in [1.82, 2.24) is 15.2 Å². The molecule has 7 nitrogen and oxygen atoms in total.